The Kier molecular flexibility index (Phi) is 4.84. The molecule has 3 heterocycles. The monoisotopic (exact) mass is 368 g/mol. The zero-order chi connectivity index (χ0) is 17.9. The number of urea groups is 1. The molecule has 0 atom stereocenters. The topological polar surface area (TPSA) is 51.4 Å². The van der Waals surface area contributed by atoms with E-state index in [0.717, 1.165) is 32.6 Å². The Balaban J connectivity index is 1.27. The Hall–Kier alpha value is -2.47. The third kappa shape index (κ3) is 3.42. The SMILES string of the molecule is Cc1cccc2c(CCNC(=O)N3CCN(c4cccs4)CC3)c[nH]c12. The maximum atomic E-state index is 12.4. The fraction of sp³-hybridized carbons (Fsp3) is 0.350. The van der Waals surface area contributed by atoms with Crippen LogP contribution in [0.4, 0.5) is 9.80 Å². The highest BCUT2D eigenvalue weighted by Crippen LogP contribution is 2.23. The number of amides is 2. The molecule has 2 amide bonds. The van der Waals surface area contributed by atoms with Crippen molar-refractivity contribution in [2.24, 2.45) is 0 Å². The number of nitrogens with one attached hydrogen (secondary N) is 2. The van der Waals surface area contributed by atoms with Gasteiger partial charge in [0.15, 0.2) is 0 Å². The van der Waals surface area contributed by atoms with Gasteiger partial charge in [-0.05, 0) is 42.0 Å². The van der Waals surface area contributed by atoms with Crippen molar-refractivity contribution in [2.75, 3.05) is 37.6 Å². The first-order valence-electron chi connectivity index (χ1n) is 9.09. The number of hydrogen-bond donors (Lipinski definition) is 2. The van der Waals surface area contributed by atoms with E-state index in [-0.39, 0.29) is 6.03 Å². The molecule has 1 saturated heterocycles. The number of aryl methyl sites for hydroxylation is 1. The molecule has 0 bridgehead atoms. The van der Waals surface area contributed by atoms with Gasteiger partial charge in [0.05, 0.1) is 5.00 Å². The summed E-state index contributed by atoms with van der Waals surface area (Å²) in [5, 5.41) is 7.72. The third-order valence-electron chi connectivity index (χ3n) is 5.06. The number of carbonyl (C=O) groups excluding carboxylic acids is 1. The Bertz CT molecular complexity index is 878. The summed E-state index contributed by atoms with van der Waals surface area (Å²) >= 11 is 1.76. The van der Waals surface area contributed by atoms with E-state index in [1.807, 2.05) is 4.90 Å². The van der Waals surface area contributed by atoms with Crippen LogP contribution in [0.3, 0.4) is 0 Å². The van der Waals surface area contributed by atoms with Gasteiger partial charge in [0.1, 0.15) is 0 Å². The number of H-pyrrole nitrogens is 1. The van der Waals surface area contributed by atoms with E-state index >= 15 is 0 Å². The van der Waals surface area contributed by atoms with Crippen molar-refractivity contribution < 1.29 is 4.79 Å². The van der Waals surface area contributed by atoms with Gasteiger partial charge in [-0.2, -0.15) is 0 Å². The first-order chi connectivity index (χ1) is 12.7. The van der Waals surface area contributed by atoms with E-state index in [9.17, 15) is 4.79 Å². The molecule has 5 nitrogen and oxygen atoms in total. The molecule has 4 rings (SSSR count). The van der Waals surface area contributed by atoms with Crippen LogP contribution in [0.15, 0.2) is 41.9 Å². The number of aromatic amines is 1. The molecule has 26 heavy (non-hydrogen) atoms. The summed E-state index contributed by atoms with van der Waals surface area (Å²) in [4.78, 5) is 20.0. The predicted molar refractivity (Wildman–Crippen MR) is 108 cm³/mol. The summed E-state index contributed by atoms with van der Waals surface area (Å²) in [6.45, 7) is 6.11. The zero-order valence-electron chi connectivity index (χ0n) is 15.0. The van der Waals surface area contributed by atoms with E-state index in [1.165, 1.54) is 27.0 Å². The van der Waals surface area contributed by atoms with E-state index in [4.69, 9.17) is 0 Å². The summed E-state index contributed by atoms with van der Waals surface area (Å²) in [7, 11) is 0. The van der Waals surface area contributed by atoms with Gasteiger partial charge in [0.25, 0.3) is 0 Å². The highest BCUT2D eigenvalue weighted by atomic mass is 32.1. The number of para-hydroxylation sites is 1. The maximum absolute atomic E-state index is 12.4. The van der Waals surface area contributed by atoms with Crippen LogP contribution < -0.4 is 10.2 Å². The van der Waals surface area contributed by atoms with Gasteiger partial charge < -0.3 is 20.1 Å². The molecule has 1 aromatic carbocycles. The number of thiophene rings is 1. The van der Waals surface area contributed by atoms with Gasteiger partial charge in [-0.3, -0.25) is 0 Å². The minimum Gasteiger partial charge on any atom is -0.361 e. The molecule has 0 spiro atoms. The molecule has 0 radical (unpaired) electrons. The Labute approximate surface area is 157 Å². The number of carbonyl (C=O) groups is 1. The van der Waals surface area contributed by atoms with E-state index < -0.39 is 0 Å². The van der Waals surface area contributed by atoms with Gasteiger partial charge in [0, 0.05) is 49.8 Å². The number of fused-ring (bicyclic) bond motifs is 1. The lowest BCUT2D eigenvalue weighted by Gasteiger charge is -2.35. The number of rotatable bonds is 4. The number of hydrogen-bond acceptors (Lipinski definition) is 3. The summed E-state index contributed by atoms with van der Waals surface area (Å²) in [6, 6.07) is 10.6. The second-order valence-electron chi connectivity index (χ2n) is 6.72. The molecule has 136 valence electrons. The van der Waals surface area contributed by atoms with Crippen molar-refractivity contribution in [3.8, 4) is 0 Å². The third-order valence-corrected chi connectivity index (χ3v) is 5.99. The molecule has 3 aromatic rings. The molecule has 0 unspecified atom stereocenters. The molecule has 0 saturated carbocycles. The largest absolute Gasteiger partial charge is 0.361 e. The van der Waals surface area contributed by atoms with Crippen molar-refractivity contribution in [2.45, 2.75) is 13.3 Å². The summed E-state index contributed by atoms with van der Waals surface area (Å²) in [5.41, 5.74) is 3.70. The number of aromatic nitrogens is 1. The van der Waals surface area contributed by atoms with Crippen LogP contribution in [-0.4, -0.2) is 48.6 Å². The quantitative estimate of drug-likeness (QED) is 0.739. The van der Waals surface area contributed by atoms with Crippen LogP contribution in [0.2, 0.25) is 0 Å². The lowest BCUT2D eigenvalue weighted by atomic mass is 10.1. The standard InChI is InChI=1S/C20H24N4OS/c1-15-4-2-5-17-16(14-22-19(15)17)7-8-21-20(25)24-11-9-23(10-12-24)18-6-3-13-26-18/h2-6,13-14,22H,7-12H2,1H3,(H,21,25). The normalized spacial score (nSPS) is 14.8. The van der Waals surface area contributed by atoms with Crippen molar-refractivity contribution in [3.05, 3.63) is 53.0 Å². The van der Waals surface area contributed by atoms with Crippen LogP contribution in [-0.2, 0) is 6.42 Å². The first kappa shape index (κ1) is 17.0. The second-order valence-corrected chi connectivity index (χ2v) is 7.64. The summed E-state index contributed by atoms with van der Waals surface area (Å²) < 4.78 is 0. The van der Waals surface area contributed by atoms with Gasteiger partial charge in [0.2, 0.25) is 0 Å². The van der Waals surface area contributed by atoms with Gasteiger partial charge in [-0.15, -0.1) is 11.3 Å². The first-order valence-corrected chi connectivity index (χ1v) is 9.97. The van der Waals surface area contributed by atoms with Crippen molar-refractivity contribution in [3.63, 3.8) is 0 Å². The van der Waals surface area contributed by atoms with Gasteiger partial charge in [-0.25, -0.2) is 4.79 Å². The Morgan fingerprint density at radius 2 is 2.04 bits per heavy atom. The highest BCUT2D eigenvalue weighted by molar-refractivity contribution is 7.14. The van der Waals surface area contributed by atoms with Crippen LogP contribution in [0.5, 0.6) is 0 Å². The molecule has 1 aliphatic rings. The van der Waals surface area contributed by atoms with Crippen LogP contribution >= 0.6 is 11.3 Å². The van der Waals surface area contributed by atoms with Crippen LogP contribution in [0.1, 0.15) is 11.1 Å². The fourth-order valence-corrected chi connectivity index (χ4v) is 4.35. The molecule has 0 aliphatic carbocycles. The van der Waals surface area contributed by atoms with Crippen LogP contribution in [0.25, 0.3) is 10.9 Å². The number of piperazine rings is 1. The summed E-state index contributed by atoms with van der Waals surface area (Å²) in [6.07, 6.45) is 2.90. The minimum atomic E-state index is 0.0480. The van der Waals surface area contributed by atoms with E-state index in [0.29, 0.717) is 6.54 Å². The Morgan fingerprint density at radius 3 is 2.81 bits per heavy atom. The lowest BCUT2D eigenvalue weighted by Crippen LogP contribution is -2.52. The molecular weight excluding hydrogens is 344 g/mol. The van der Waals surface area contributed by atoms with Crippen molar-refractivity contribution >= 4 is 33.3 Å². The molecule has 1 fully saturated rings. The van der Waals surface area contributed by atoms with Gasteiger partial charge >= 0.3 is 6.03 Å². The van der Waals surface area contributed by atoms with Gasteiger partial charge in [-0.1, -0.05) is 18.2 Å². The molecule has 2 aromatic heterocycles. The Morgan fingerprint density at radius 1 is 1.19 bits per heavy atom. The van der Waals surface area contributed by atoms with E-state index in [1.54, 1.807) is 11.3 Å². The molecular formula is C20H24N4OS. The van der Waals surface area contributed by atoms with E-state index in [2.05, 4.69) is 64.0 Å². The maximum Gasteiger partial charge on any atom is 0.317 e. The zero-order valence-corrected chi connectivity index (χ0v) is 15.8. The smallest absolute Gasteiger partial charge is 0.317 e. The number of benzene rings is 1. The lowest BCUT2D eigenvalue weighted by molar-refractivity contribution is 0.194. The molecule has 1 aliphatic heterocycles. The average molecular weight is 369 g/mol. The molecule has 2 N–H and O–H groups in total. The molecule has 6 heteroatoms. The minimum absolute atomic E-state index is 0.0480. The number of nitrogens with zero attached hydrogens (tertiary/aromatic N) is 2. The summed E-state index contributed by atoms with van der Waals surface area (Å²) in [5.74, 6) is 0. The fourth-order valence-electron chi connectivity index (χ4n) is 3.57. The number of anilines is 1. The highest BCUT2D eigenvalue weighted by Gasteiger charge is 2.21. The van der Waals surface area contributed by atoms with Crippen molar-refractivity contribution in [1.29, 1.82) is 0 Å². The predicted octanol–water partition coefficient (Wildman–Crippen LogP) is 3.61. The second kappa shape index (κ2) is 7.41. The van der Waals surface area contributed by atoms with Crippen LogP contribution in [0, 0.1) is 6.92 Å². The average Bonchev–Trinajstić information content (AvgIpc) is 3.33. The van der Waals surface area contributed by atoms with Crippen molar-refractivity contribution in [1.82, 2.24) is 15.2 Å².